The highest BCUT2D eigenvalue weighted by atomic mass is 16.7. The van der Waals surface area contributed by atoms with Crippen molar-refractivity contribution < 1.29 is 29.4 Å². The summed E-state index contributed by atoms with van der Waals surface area (Å²) in [6.45, 7) is 8.16. The second kappa shape index (κ2) is 6.70. The maximum Gasteiger partial charge on any atom is 0.491 e. The first-order valence-corrected chi connectivity index (χ1v) is 7.98. The van der Waals surface area contributed by atoms with E-state index in [1.54, 1.807) is 13.1 Å². The number of aromatic hydroxyl groups is 2. The average molecular weight is 349 g/mol. The molecule has 0 aromatic heterocycles. The van der Waals surface area contributed by atoms with Crippen LogP contribution in [0.3, 0.4) is 0 Å². The molecule has 1 aromatic rings. The van der Waals surface area contributed by atoms with Crippen molar-refractivity contribution in [2.75, 3.05) is 13.6 Å². The lowest BCUT2D eigenvalue weighted by Crippen LogP contribution is -2.41. The highest BCUT2D eigenvalue weighted by molar-refractivity contribution is 6.56. The topological polar surface area (TPSA) is 108 Å². The van der Waals surface area contributed by atoms with Gasteiger partial charge in [0.25, 0.3) is 0 Å². The van der Waals surface area contributed by atoms with Gasteiger partial charge in [-0.25, -0.2) is 4.79 Å². The van der Waals surface area contributed by atoms with Gasteiger partial charge in [0.1, 0.15) is 17.1 Å². The third kappa shape index (κ3) is 3.81. The third-order valence-electron chi connectivity index (χ3n) is 4.65. The summed E-state index contributed by atoms with van der Waals surface area (Å²) >= 11 is 0. The molecule has 1 fully saturated rings. The Hall–Kier alpha value is -2.03. The smallest absolute Gasteiger partial charge is 0.491 e. The number of carboxylic acid groups (broad SMARTS) is 1. The van der Waals surface area contributed by atoms with Gasteiger partial charge in [-0.1, -0.05) is 6.08 Å². The van der Waals surface area contributed by atoms with E-state index < -0.39 is 30.0 Å². The van der Waals surface area contributed by atoms with Crippen LogP contribution in [0, 0.1) is 0 Å². The molecule has 0 spiro atoms. The highest BCUT2D eigenvalue weighted by Gasteiger charge is 2.52. The Morgan fingerprint density at radius 3 is 2.20 bits per heavy atom. The van der Waals surface area contributed by atoms with E-state index in [4.69, 9.17) is 14.4 Å². The van der Waals surface area contributed by atoms with Crippen LogP contribution in [-0.4, -0.2) is 53.2 Å². The molecule has 0 saturated carbocycles. The zero-order valence-electron chi connectivity index (χ0n) is 15.1. The summed E-state index contributed by atoms with van der Waals surface area (Å²) in [5.74, 6) is -2.00. The molecular weight excluding hydrogens is 325 g/mol. The molecule has 0 aliphatic carbocycles. The van der Waals surface area contributed by atoms with Crippen molar-refractivity contribution in [1.29, 1.82) is 0 Å². The van der Waals surface area contributed by atoms with Crippen LogP contribution in [0.15, 0.2) is 17.6 Å². The zero-order chi connectivity index (χ0) is 19.0. The lowest BCUT2D eigenvalue weighted by Gasteiger charge is -2.32. The second-order valence-corrected chi connectivity index (χ2v) is 7.07. The van der Waals surface area contributed by atoms with Crippen LogP contribution < -0.4 is 5.32 Å². The Kier molecular flexibility index (Phi) is 5.18. The number of carbonyl (C=O) groups is 1. The van der Waals surface area contributed by atoms with Crippen molar-refractivity contribution in [2.45, 2.75) is 38.9 Å². The van der Waals surface area contributed by atoms with E-state index >= 15 is 0 Å². The normalized spacial score (nSPS) is 19.2. The first-order valence-electron chi connectivity index (χ1n) is 7.98. The SMILES string of the molecule is CNCC(=Cc1cc(C(=O)O)c(O)cc1O)B1OC(C)(C)C(C)(C)O1. The molecule has 0 atom stereocenters. The molecule has 4 N–H and O–H groups in total. The Bertz CT molecular complexity index is 697. The number of nitrogens with one attached hydrogen (secondary N) is 1. The second-order valence-electron chi connectivity index (χ2n) is 7.07. The molecular formula is C17H24BNO6. The standard InChI is InChI=1S/C17H24BNO6/c1-16(2)17(3,4)25-18(24-16)11(9-19-5)6-10-7-12(15(22)23)14(21)8-13(10)20/h6-8,19-21H,9H2,1-5H3,(H,22,23). The fraction of sp³-hybridized carbons (Fsp3) is 0.471. The van der Waals surface area contributed by atoms with Crippen molar-refractivity contribution in [3.05, 3.63) is 28.7 Å². The van der Waals surface area contributed by atoms with Gasteiger partial charge < -0.3 is 29.9 Å². The monoisotopic (exact) mass is 349 g/mol. The van der Waals surface area contributed by atoms with Crippen molar-refractivity contribution >= 4 is 19.2 Å². The van der Waals surface area contributed by atoms with Crippen LogP contribution in [0.2, 0.25) is 0 Å². The predicted octanol–water partition coefficient (Wildman–Crippen LogP) is 2.03. The molecule has 0 bridgehead atoms. The number of likely N-dealkylation sites (N-methyl/N-ethyl adjacent to an activating group) is 1. The number of hydrogen-bond acceptors (Lipinski definition) is 6. The van der Waals surface area contributed by atoms with E-state index in [1.165, 1.54) is 6.07 Å². The summed E-state index contributed by atoms with van der Waals surface area (Å²) in [4.78, 5) is 11.2. The number of benzene rings is 1. The van der Waals surface area contributed by atoms with Gasteiger partial charge in [0.05, 0.1) is 11.2 Å². The van der Waals surface area contributed by atoms with E-state index in [9.17, 15) is 15.0 Å². The molecule has 136 valence electrons. The maximum atomic E-state index is 11.2. The largest absolute Gasteiger partial charge is 0.507 e. The molecule has 0 radical (unpaired) electrons. The molecule has 8 heteroatoms. The van der Waals surface area contributed by atoms with E-state index in [0.717, 1.165) is 6.07 Å². The maximum absolute atomic E-state index is 11.2. The predicted molar refractivity (Wildman–Crippen MR) is 94.7 cm³/mol. The van der Waals surface area contributed by atoms with Crippen LogP contribution in [0.4, 0.5) is 0 Å². The van der Waals surface area contributed by atoms with Crippen molar-refractivity contribution in [1.82, 2.24) is 5.32 Å². The number of rotatable bonds is 5. The van der Waals surface area contributed by atoms with Gasteiger partial charge in [0, 0.05) is 18.2 Å². The van der Waals surface area contributed by atoms with Crippen LogP contribution in [0.5, 0.6) is 11.5 Å². The Labute approximate surface area is 147 Å². The van der Waals surface area contributed by atoms with Gasteiger partial charge in [0.2, 0.25) is 0 Å². The summed E-state index contributed by atoms with van der Waals surface area (Å²) in [7, 11) is 1.12. The average Bonchev–Trinajstić information content (AvgIpc) is 2.69. The number of phenolic OH excluding ortho intramolecular Hbond substituents is 1. The van der Waals surface area contributed by atoms with Gasteiger partial charge in [-0.05, 0) is 46.3 Å². The number of aromatic carboxylic acids is 1. The minimum Gasteiger partial charge on any atom is -0.507 e. The molecule has 1 aromatic carbocycles. The van der Waals surface area contributed by atoms with Crippen molar-refractivity contribution in [3.63, 3.8) is 0 Å². The first-order chi connectivity index (χ1) is 11.5. The van der Waals surface area contributed by atoms with Crippen LogP contribution >= 0.6 is 0 Å². The number of hydrogen-bond donors (Lipinski definition) is 4. The quantitative estimate of drug-likeness (QED) is 0.603. The Balaban J connectivity index is 2.45. The summed E-state index contributed by atoms with van der Waals surface area (Å²) in [5, 5.41) is 31.9. The molecule has 1 aliphatic rings. The minimum atomic E-state index is -1.28. The molecule has 0 unspecified atom stereocenters. The van der Waals surface area contributed by atoms with Crippen molar-refractivity contribution in [2.24, 2.45) is 0 Å². The first kappa shape index (κ1) is 19.3. The number of carboxylic acids is 1. The molecule has 1 aliphatic heterocycles. The van der Waals surface area contributed by atoms with Gasteiger partial charge in [0.15, 0.2) is 0 Å². The fourth-order valence-electron chi connectivity index (χ4n) is 2.48. The van der Waals surface area contributed by atoms with Gasteiger partial charge in [-0.2, -0.15) is 0 Å². The van der Waals surface area contributed by atoms with Gasteiger partial charge in [-0.15, -0.1) is 0 Å². The van der Waals surface area contributed by atoms with E-state index in [-0.39, 0.29) is 16.9 Å². The summed E-state index contributed by atoms with van der Waals surface area (Å²) < 4.78 is 12.0. The van der Waals surface area contributed by atoms with Crippen LogP contribution in [-0.2, 0) is 9.31 Å². The summed E-state index contributed by atoms with van der Waals surface area (Å²) in [6, 6.07) is 2.23. The van der Waals surface area contributed by atoms with Crippen molar-refractivity contribution in [3.8, 4) is 11.5 Å². The van der Waals surface area contributed by atoms with Gasteiger partial charge >= 0.3 is 13.1 Å². The fourth-order valence-corrected chi connectivity index (χ4v) is 2.48. The van der Waals surface area contributed by atoms with Gasteiger partial charge in [-0.3, -0.25) is 0 Å². The molecule has 7 nitrogen and oxygen atoms in total. The van der Waals surface area contributed by atoms with E-state index in [2.05, 4.69) is 5.32 Å². The highest BCUT2D eigenvalue weighted by Crippen LogP contribution is 2.39. The zero-order valence-corrected chi connectivity index (χ0v) is 15.1. The molecule has 1 heterocycles. The lowest BCUT2D eigenvalue weighted by atomic mass is 9.77. The Morgan fingerprint density at radius 2 is 1.72 bits per heavy atom. The molecule has 0 amide bonds. The number of phenols is 2. The molecule has 2 rings (SSSR count). The minimum absolute atomic E-state index is 0.229. The Morgan fingerprint density at radius 1 is 1.16 bits per heavy atom. The van der Waals surface area contributed by atoms with E-state index in [0.29, 0.717) is 12.0 Å². The lowest BCUT2D eigenvalue weighted by molar-refractivity contribution is 0.00578. The molecule has 25 heavy (non-hydrogen) atoms. The van der Waals surface area contributed by atoms with Crippen LogP contribution in [0.1, 0.15) is 43.6 Å². The third-order valence-corrected chi connectivity index (χ3v) is 4.65. The van der Waals surface area contributed by atoms with E-state index in [1.807, 2.05) is 27.7 Å². The van der Waals surface area contributed by atoms with Crippen LogP contribution in [0.25, 0.3) is 6.08 Å². The summed E-state index contributed by atoms with van der Waals surface area (Å²) in [5.41, 5.74) is -0.378. The molecule has 1 saturated heterocycles. The summed E-state index contributed by atoms with van der Waals surface area (Å²) in [6.07, 6.45) is 1.61.